The van der Waals surface area contributed by atoms with E-state index in [1.54, 1.807) is 26.1 Å². The fourth-order valence-corrected chi connectivity index (χ4v) is 0.712. The average molecular weight is 170 g/mol. The predicted molar refractivity (Wildman–Crippen MR) is 49.8 cm³/mol. The van der Waals surface area contributed by atoms with Gasteiger partial charge in [0.25, 0.3) is 0 Å². The second kappa shape index (κ2) is 5.52. The molecular formula is C9H15FN2. The zero-order valence-corrected chi connectivity index (χ0v) is 7.98. The minimum absolute atomic E-state index is 0.436. The summed E-state index contributed by atoms with van der Waals surface area (Å²) in [7, 11) is 1.66. The molecule has 12 heavy (non-hydrogen) atoms. The van der Waals surface area contributed by atoms with Gasteiger partial charge in [0.05, 0.1) is 5.69 Å². The molecule has 0 saturated heterocycles. The Hall–Kier alpha value is -1.12. The normalized spacial score (nSPS) is 8.42. The van der Waals surface area contributed by atoms with E-state index in [1.807, 2.05) is 13.8 Å². The summed E-state index contributed by atoms with van der Waals surface area (Å²) in [6.45, 7) is 5.75. The van der Waals surface area contributed by atoms with Gasteiger partial charge in [0.15, 0.2) is 0 Å². The number of aromatic nitrogens is 1. The molecule has 2 nitrogen and oxygen atoms in total. The van der Waals surface area contributed by atoms with E-state index in [0.29, 0.717) is 11.4 Å². The lowest BCUT2D eigenvalue weighted by atomic mass is 10.3. The van der Waals surface area contributed by atoms with Crippen molar-refractivity contribution < 1.29 is 4.39 Å². The van der Waals surface area contributed by atoms with Crippen LogP contribution in [0.15, 0.2) is 12.1 Å². The number of hydrogen-bond acceptors (Lipinski definition) is 2. The molecule has 0 aromatic carbocycles. The molecule has 0 radical (unpaired) electrons. The summed E-state index contributed by atoms with van der Waals surface area (Å²) >= 11 is 0. The number of aryl methyl sites for hydroxylation is 1. The highest BCUT2D eigenvalue weighted by molar-refractivity contribution is 5.41. The van der Waals surface area contributed by atoms with Crippen molar-refractivity contribution in [2.24, 2.45) is 0 Å². The van der Waals surface area contributed by atoms with Crippen LogP contribution in [0, 0.1) is 12.9 Å². The highest BCUT2D eigenvalue weighted by Crippen LogP contribution is 2.09. The molecule has 0 aliphatic carbocycles. The Kier molecular flexibility index (Phi) is 5.00. The largest absolute Gasteiger partial charge is 0.384 e. The van der Waals surface area contributed by atoms with Crippen molar-refractivity contribution in [3.8, 4) is 0 Å². The molecular weight excluding hydrogens is 155 g/mol. The third kappa shape index (κ3) is 2.86. The van der Waals surface area contributed by atoms with Crippen molar-refractivity contribution in [1.82, 2.24) is 4.98 Å². The van der Waals surface area contributed by atoms with Crippen LogP contribution in [0.5, 0.6) is 0 Å². The number of anilines is 1. The molecule has 1 heterocycles. The van der Waals surface area contributed by atoms with Crippen LogP contribution in [0.4, 0.5) is 10.1 Å². The number of nitrogens with one attached hydrogen (secondary N) is 1. The summed E-state index contributed by atoms with van der Waals surface area (Å²) in [5.41, 5.74) is 1.13. The van der Waals surface area contributed by atoms with Crippen LogP contribution in [0.1, 0.15) is 19.5 Å². The molecule has 3 heteroatoms. The second-order valence-electron chi connectivity index (χ2n) is 2.04. The Labute approximate surface area is 72.8 Å². The molecule has 68 valence electrons. The maximum atomic E-state index is 12.7. The number of pyridine rings is 1. The molecule has 0 aliphatic heterocycles. The molecule has 0 atom stereocenters. The fraction of sp³-hybridized carbons (Fsp3) is 0.444. The molecule has 0 fully saturated rings. The van der Waals surface area contributed by atoms with Crippen LogP contribution < -0.4 is 5.32 Å². The molecule has 1 rings (SSSR count). The van der Waals surface area contributed by atoms with E-state index < -0.39 is 5.95 Å². The van der Waals surface area contributed by atoms with Crippen molar-refractivity contribution in [2.45, 2.75) is 20.8 Å². The standard InChI is InChI=1S/C7H9FN2.C2H6/c1-5-3-4-6(9-2)7(8)10-5;1-2/h3-4,9H,1-2H3;1-2H3. The number of rotatable bonds is 1. The summed E-state index contributed by atoms with van der Waals surface area (Å²) in [5.74, 6) is -0.442. The molecule has 1 N–H and O–H groups in total. The maximum absolute atomic E-state index is 12.7. The lowest BCUT2D eigenvalue weighted by Gasteiger charge is -1.99. The van der Waals surface area contributed by atoms with Gasteiger partial charge in [0, 0.05) is 12.7 Å². The average Bonchev–Trinajstić information content (AvgIpc) is 2.08. The van der Waals surface area contributed by atoms with Crippen molar-refractivity contribution in [2.75, 3.05) is 12.4 Å². The van der Waals surface area contributed by atoms with Gasteiger partial charge < -0.3 is 5.32 Å². The Balaban J connectivity index is 0.000000561. The SMILES string of the molecule is CC.CNc1ccc(C)nc1F. The predicted octanol–water partition coefficient (Wildman–Crippen LogP) is 2.60. The van der Waals surface area contributed by atoms with E-state index in [2.05, 4.69) is 10.3 Å². The first-order valence-electron chi connectivity index (χ1n) is 4.05. The Bertz CT molecular complexity index is 236. The first kappa shape index (κ1) is 10.9. The smallest absolute Gasteiger partial charge is 0.236 e. The van der Waals surface area contributed by atoms with Crippen LogP contribution in [-0.4, -0.2) is 12.0 Å². The summed E-state index contributed by atoms with van der Waals surface area (Å²) in [6, 6.07) is 3.42. The molecule has 0 aliphatic rings. The lowest BCUT2D eigenvalue weighted by Crippen LogP contribution is -1.95. The zero-order valence-electron chi connectivity index (χ0n) is 7.98. The summed E-state index contributed by atoms with van der Waals surface area (Å²) in [6.07, 6.45) is 0. The van der Waals surface area contributed by atoms with Gasteiger partial charge in [-0.25, -0.2) is 4.98 Å². The number of hydrogen-bond donors (Lipinski definition) is 1. The third-order valence-electron chi connectivity index (χ3n) is 1.26. The van der Waals surface area contributed by atoms with Crippen LogP contribution in [0.2, 0.25) is 0 Å². The summed E-state index contributed by atoms with van der Waals surface area (Å²) in [4.78, 5) is 3.62. The molecule has 1 aromatic rings. The third-order valence-corrected chi connectivity index (χ3v) is 1.26. The van der Waals surface area contributed by atoms with Crippen molar-refractivity contribution >= 4 is 5.69 Å². The minimum atomic E-state index is -0.442. The van der Waals surface area contributed by atoms with Gasteiger partial charge in [0.2, 0.25) is 5.95 Å². The first-order valence-corrected chi connectivity index (χ1v) is 4.05. The Morgan fingerprint density at radius 1 is 1.33 bits per heavy atom. The number of halogens is 1. The molecule has 1 aromatic heterocycles. The van der Waals surface area contributed by atoms with Gasteiger partial charge in [-0.15, -0.1) is 0 Å². The van der Waals surface area contributed by atoms with Crippen LogP contribution >= 0.6 is 0 Å². The number of nitrogens with zero attached hydrogens (tertiary/aromatic N) is 1. The van der Waals surface area contributed by atoms with Crippen LogP contribution in [-0.2, 0) is 0 Å². The molecule has 0 saturated carbocycles. The van der Waals surface area contributed by atoms with Gasteiger partial charge in [-0.2, -0.15) is 4.39 Å². The lowest BCUT2D eigenvalue weighted by molar-refractivity contribution is 0.584. The van der Waals surface area contributed by atoms with Crippen LogP contribution in [0.3, 0.4) is 0 Å². The Morgan fingerprint density at radius 3 is 2.33 bits per heavy atom. The highest BCUT2D eigenvalue weighted by atomic mass is 19.1. The summed E-state index contributed by atoms with van der Waals surface area (Å²) in [5, 5.41) is 2.68. The molecule has 0 bridgehead atoms. The monoisotopic (exact) mass is 170 g/mol. The van der Waals surface area contributed by atoms with Crippen LogP contribution in [0.25, 0.3) is 0 Å². The van der Waals surface area contributed by atoms with Crippen molar-refractivity contribution in [3.63, 3.8) is 0 Å². The van der Waals surface area contributed by atoms with Gasteiger partial charge in [-0.05, 0) is 19.1 Å². The second-order valence-corrected chi connectivity index (χ2v) is 2.04. The summed E-state index contributed by atoms with van der Waals surface area (Å²) < 4.78 is 12.7. The molecule has 0 spiro atoms. The van der Waals surface area contributed by atoms with E-state index in [-0.39, 0.29) is 0 Å². The zero-order chi connectivity index (χ0) is 9.56. The van der Waals surface area contributed by atoms with Gasteiger partial charge >= 0.3 is 0 Å². The van der Waals surface area contributed by atoms with E-state index in [9.17, 15) is 4.39 Å². The van der Waals surface area contributed by atoms with Crippen molar-refractivity contribution in [1.29, 1.82) is 0 Å². The van der Waals surface area contributed by atoms with Crippen molar-refractivity contribution in [3.05, 3.63) is 23.8 Å². The topological polar surface area (TPSA) is 24.9 Å². The van der Waals surface area contributed by atoms with Gasteiger partial charge in [-0.3, -0.25) is 0 Å². The maximum Gasteiger partial charge on any atom is 0.236 e. The van der Waals surface area contributed by atoms with E-state index in [0.717, 1.165) is 0 Å². The van der Waals surface area contributed by atoms with Gasteiger partial charge in [0.1, 0.15) is 0 Å². The van der Waals surface area contributed by atoms with E-state index in [4.69, 9.17) is 0 Å². The molecule has 0 amide bonds. The Morgan fingerprint density at radius 2 is 1.92 bits per heavy atom. The van der Waals surface area contributed by atoms with Gasteiger partial charge in [-0.1, -0.05) is 13.8 Å². The quantitative estimate of drug-likeness (QED) is 0.655. The first-order chi connectivity index (χ1) is 5.74. The van der Waals surface area contributed by atoms with E-state index in [1.165, 1.54) is 0 Å². The fourth-order valence-electron chi connectivity index (χ4n) is 0.712. The molecule has 0 unspecified atom stereocenters. The van der Waals surface area contributed by atoms with E-state index >= 15 is 0 Å². The minimum Gasteiger partial charge on any atom is -0.384 e. The highest BCUT2D eigenvalue weighted by Gasteiger charge is 1.98.